The Bertz CT molecular complexity index is 497. The van der Waals surface area contributed by atoms with Gasteiger partial charge in [0.1, 0.15) is 0 Å². The van der Waals surface area contributed by atoms with Crippen molar-refractivity contribution in [1.29, 1.82) is 0 Å². The molecule has 1 aliphatic rings. The second-order valence-corrected chi connectivity index (χ2v) is 7.30. The summed E-state index contributed by atoms with van der Waals surface area (Å²) in [6.45, 7) is 4.28. The zero-order chi connectivity index (χ0) is 20.1. The number of hydrogen-bond acceptors (Lipinski definition) is 5. The van der Waals surface area contributed by atoms with Crippen molar-refractivity contribution in [3.8, 4) is 0 Å². The average Bonchev–Trinajstić information content (AvgIpc) is 2.89. The fourth-order valence-corrected chi connectivity index (χ4v) is 3.53. The van der Waals surface area contributed by atoms with E-state index in [-0.39, 0.29) is 36.4 Å². The van der Waals surface area contributed by atoms with Crippen molar-refractivity contribution in [3.63, 3.8) is 0 Å². The van der Waals surface area contributed by atoms with Crippen molar-refractivity contribution in [2.24, 2.45) is 11.8 Å². The van der Waals surface area contributed by atoms with E-state index < -0.39 is 12.2 Å². The van der Waals surface area contributed by atoms with Crippen LogP contribution in [0, 0.1) is 11.8 Å². The molecular weight excluding hydrogens is 344 g/mol. The maximum atomic E-state index is 12.0. The molecule has 0 amide bonds. The number of rotatable bonds is 13. The zero-order valence-electron chi connectivity index (χ0n) is 16.8. The molecule has 0 radical (unpaired) electrons. The van der Waals surface area contributed by atoms with E-state index in [1.807, 2.05) is 0 Å². The molecule has 4 atom stereocenters. The zero-order valence-corrected chi connectivity index (χ0v) is 16.8. The van der Waals surface area contributed by atoms with Crippen molar-refractivity contribution in [2.45, 2.75) is 83.8 Å². The van der Waals surface area contributed by atoms with Crippen LogP contribution < -0.4 is 0 Å². The number of allylic oxidation sites excluding steroid dienone is 3. The number of carbonyl (C=O) groups is 2. The molecule has 0 saturated heterocycles. The van der Waals surface area contributed by atoms with Crippen molar-refractivity contribution >= 4 is 11.8 Å². The quantitative estimate of drug-likeness (QED) is 0.220. The van der Waals surface area contributed by atoms with Crippen LogP contribution in [-0.2, 0) is 14.3 Å². The van der Waals surface area contributed by atoms with E-state index in [9.17, 15) is 19.8 Å². The molecule has 27 heavy (non-hydrogen) atoms. The van der Waals surface area contributed by atoms with Crippen LogP contribution in [0.25, 0.3) is 0 Å². The van der Waals surface area contributed by atoms with E-state index in [2.05, 4.69) is 19.1 Å². The van der Waals surface area contributed by atoms with Crippen LogP contribution in [0.5, 0.6) is 0 Å². The van der Waals surface area contributed by atoms with E-state index in [1.54, 1.807) is 13.0 Å². The number of esters is 1. The molecule has 0 unspecified atom stereocenters. The summed E-state index contributed by atoms with van der Waals surface area (Å²) in [5.41, 5.74) is 0. The van der Waals surface area contributed by atoms with Crippen LogP contribution in [0.15, 0.2) is 24.3 Å². The lowest BCUT2D eigenvalue weighted by atomic mass is 9.89. The third-order valence-electron chi connectivity index (χ3n) is 5.08. The number of unbranched alkanes of at least 4 members (excludes halogenated alkanes) is 3. The third-order valence-corrected chi connectivity index (χ3v) is 5.08. The van der Waals surface area contributed by atoms with Crippen LogP contribution in [0.3, 0.4) is 0 Å². The summed E-state index contributed by atoms with van der Waals surface area (Å²) in [5.74, 6) is -0.628. The van der Waals surface area contributed by atoms with Gasteiger partial charge in [0.2, 0.25) is 0 Å². The first-order valence-electron chi connectivity index (χ1n) is 10.4. The number of aliphatic hydroxyl groups excluding tert-OH is 2. The van der Waals surface area contributed by atoms with Gasteiger partial charge in [0.25, 0.3) is 0 Å². The highest BCUT2D eigenvalue weighted by molar-refractivity contribution is 5.89. The van der Waals surface area contributed by atoms with Crippen LogP contribution >= 0.6 is 0 Å². The molecule has 0 aliphatic heterocycles. The van der Waals surface area contributed by atoms with Gasteiger partial charge in [0.05, 0.1) is 18.8 Å². The number of ketones is 1. The molecule has 0 bridgehead atoms. The fraction of sp³-hybridized carbons (Fsp3) is 0.727. The van der Waals surface area contributed by atoms with Gasteiger partial charge < -0.3 is 14.9 Å². The Kier molecular flexibility index (Phi) is 11.9. The fourth-order valence-electron chi connectivity index (χ4n) is 3.53. The molecule has 0 spiro atoms. The average molecular weight is 381 g/mol. The minimum Gasteiger partial charge on any atom is -0.466 e. The lowest BCUT2D eigenvalue weighted by Gasteiger charge is -2.19. The molecule has 1 saturated carbocycles. The molecule has 1 fully saturated rings. The summed E-state index contributed by atoms with van der Waals surface area (Å²) in [6.07, 6.45) is 13.0. The van der Waals surface area contributed by atoms with Gasteiger partial charge in [0.15, 0.2) is 5.78 Å². The molecule has 5 heteroatoms. The molecule has 154 valence electrons. The van der Waals surface area contributed by atoms with Gasteiger partial charge in [-0.2, -0.15) is 0 Å². The third kappa shape index (κ3) is 9.34. The molecule has 0 aromatic carbocycles. The first kappa shape index (κ1) is 23.6. The summed E-state index contributed by atoms with van der Waals surface area (Å²) < 4.78 is 4.84. The highest BCUT2D eigenvalue weighted by Gasteiger charge is 2.39. The van der Waals surface area contributed by atoms with Gasteiger partial charge in [-0.15, -0.1) is 0 Å². The van der Waals surface area contributed by atoms with Gasteiger partial charge in [0, 0.05) is 25.2 Å². The number of aliphatic hydroxyl groups is 2. The van der Waals surface area contributed by atoms with E-state index in [0.29, 0.717) is 25.9 Å². The Morgan fingerprint density at radius 3 is 2.52 bits per heavy atom. The predicted molar refractivity (Wildman–Crippen MR) is 106 cm³/mol. The maximum absolute atomic E-state index is 12.0. The van der Waals surface area contributed by atoms with Gasteiger partial charge in [-0.05, 0) is 44.6 Å². The Labute approximate surface area is 163 Å². The second kappa shape index (κ2) is 13.7. The van der Waals surface area contributed by atoms with Crippen LogP contribution in [0.1, 0.15) is 71.6 Å². The molecule has 0 aromatic rings. The van der Waals surface area contributed by atoms with Gasteiger partial charge in [-0.25, -0.2) is 0 Å². The minimum atomic E-state index is -0.623. The van der Waals surface area contributed by atoms with Crippen LogP contribution in [0.4, 0.5) is 0 Å². The van der Waals surface area contributed by atoms with E-state index in [1.165, 1.54) is 25.3 Å². The smallest absolute Gasteiger partial charge is 0.305 e. The SMILES string of the molecule is CCCCC/C=C\C[C@@H]1[C@H](/C=C/C(=O)CCCC(=O)OCC)[C@@H](O)C[C@H]1O. The Balaban J connectivity index is 2.45. The lowest BCUT2D eigenvalue weighted by Crippen LogP contribution is -2.20. The van der Waals surface area contributed by atoms with Gasteiger partial charge in [-0.3, -0.25) is 9.59 Å². The molecular formula is C22H36O5. The number of ether oxygens (including phenoxy) is 1. The summed E-state index contributed by atoms with van der Waals surface area (Å²) in [6, 6.07) is 0. The highest BCUT2D eigenvalue weighted by atomic mass is 16.5. The molecule has 2 N–H and O–H groups in total. The standard InChI is InChI=1S/C22H36O5/c1-3-5-6-7-8-9-12-18-19(21(25)16-20(18)24)15-14-17(23)11-10-13-22(26)27-4-2/h8-9,14-15,18-21,24-25H,3-7,10-13,16H2,1-2H3/b9-8-,15-14+/t18-,19+,20-,21+/m1/s1. The van der Waals surface area contributed by atoms with E-state index >= 15 is 0 Å². The summed E-state index contributed by atoms with van der Waals surface area (Å²) in [7, 11) is 0. The molecule has 5 nitrogen and oxygen atoms in total. The van der Waals surface area contributed by atoms with Crippen molar-refractivity contribution in [2.75, 3.05) is 6.61 Å². The van der Waals surface area contributed by atoms with Crippen molar-refractivity contribution < 1.29 is 24.5 Å². The van der Waals surface area contributed by atoms with Crippen molar-refractivity contribution in [3.05, 3.63) is 24.3 Å². The topological polar surface area (TPSA) is 83.8 Å². The Morgan fingerprint density at radius 2 is 1.81 bits per heavy atom. The largest absolute Gasteiger partial charge is 0.466 e. The summed E-state index contributed by atoms with van der Waals surface area (Å²) in [4.78, 5) is 23.3. The lowest BCUT2D eigenvalue weighted by molar-refractivity contribution is -0.143. The number of hydrogen-bond donors (Lipinski definition) is 2. The second-order valence-electron chi connectivity index (χ2n) is 7.30. The van der Waals surface area contributed by atoms with E-state index in [0.717, 1.165) is 6.42 Å². The Morgan fingerprint density at radius 1 is 1.04 bits per heavy atom. The Hall–Kier alpha value is -1.46. The van der Waals surface area contributed by atoms with Gasteiger partial charge in [-0.1, -0.05) is 38.0 Å². The predicted octanol–water partition coefficient (Wildman–Crippen LogP) is 3.73. The van der Waals surface area contributed by atoms with Crippen LogP contribution in [0.2, 0.25) is 0 Å². The molecule has 1 aliphatic carbocycles. The first-order valence-corrected chi connectivity index (χ1v) is 10.4. The van der Waals surface area contributed by atoms with Crippen LogP contribution in [-0.4, -0.2) is 40.8 Å². The highest BCUT2D eigenvalue weighted by Crippen LogP contribution is 2.36. The first-order chi connectivity index (χ1) is 13.0. The molecule has 0 aromatic heterocycles. The minimum absolute atomic E-state index is 0.0639. The summed E-state index contributed by atoms with van der Waals surface area (Å²) in [5, 5.41) is 20.4. The van der Waals surface area contributed by atoms with Gasteiger partial charge >= 0.3 is 5.97 Å². The van der Waals surface area contributed by atoms with Crippen molar-refractivity contribution in [1.82, 2.24) is 0 Å². The molecule has 0 heterocycles. The maximum Gasteiger partial charge on any atom is 0.305 e. The van der Waals surface area contributed by atoms with E-state index in [4.69, 9.17) is 4.74 Å². The number of carbonyl (C=O) groups excluding carboxylic acids is 2. The monoisotopic (exact) mass is 380 g/mol. The normalized spacial score (nSPS) is 25.5. The molecule has 1 rings (SSSR count). The summed E-state index contributed by atoms with van der Waals surface area (Å²) >= 11 is 0.